The van der Waals surface area contributed by atoms with Gasteiger partial charge in [0.25, 0.3) is 0 Å². The molecule has 1 aromatic heterocycles. The van der Waals surface area contributed by atoms with Gasteiger partial charge in [0.05, 0.1) is 11.7 Å². The Hall–Kier alpha value is -1.94. The van der Waals surface area contributed by atoms with Gasteiger partial charge in [0, 0.05) is 35.7 Å². The van der Waals surface area contributed by atoms with E-state index in [1.165, 1.54) is 0 Å². The van der Waals surface area contributed by atoms with E-state index in [1.807, 2.05) is 30.5 Å². The molecule has 2 atom stereocenters. The fourth-order valence-electron chi connectivity index (χ4n) is 3.88. The van der Waals surface area contributed by atoms with Crippen LogP contribution in [0.3, 0.4) is 0 Å². The number of aryl methyl sites for hydroxylation is 1. The SMILES string of the molecule is O=C(CCc1cccc(Cl)c1)N1C2CCC1c1cncnc1C2. The molecule has 0 saturated carbocycles. The molecule has 1 aromatic carbocycles. The number of hydrogen-bond donors (Lipinski definition) is 0. The predicted octanol–water partition coefficient (Wildman–Crippen LogP) is 3.35. The molecule has 0 N–H and O–H groups in total. The summed E-state index contributed by atoms with van der Waals surface area (Å²) in [4.78, 5) is 23.4. The zero-order valence-electron chi connectivity index (χ0n) is 12.8. The van der Waals surface area contributed by atoms with E-state index in [0.29, 0.717) is 12.5 Å². The van der Waals surface area contributed by atoms with Gasteiger partial charge >= 0.3 is 0 Å². The predicted molar refractivity (Wildman–Crippen MR) is 88.1 cm³/mol. The van der Waals surface area contributed by atoms with Crippen LogP contribution in [0.25, 0.3) is 0 Å². The first-order valence-electron chi connectivity index (χ1n) is 8.07. The van der Waals surface area contributed by atoms with Gasteiger partial charge in [-0.05, 0) is 37.0 Å². The molecule has 2 aromatic rings. The zero-order valence-corrected chi connectivity index (χ0v) is 13.5. The lowest BCUT2D eigenvalue weighted by molar-refractivity contribution is -0.134. The normalized spacial score (nSPS) is 22.0. The molecule has 4 nitrogen and oxygen atoms in total. The summed E-state index contributed by atoms with van der Waals surface area (Å²) >= 11 is 6.01. The summed E-state index contributed by atoms with van der Waals surface area (Å²) in [5, 5.41) is 0.721. The van der Waals surface area contributed by atoms with Crippen LogP contribution in [-0.4, -0.2) is 26.8 Å². The standard InChI is InChI=1S/C18H18ClN3O/c19-13-3-1-2-12(8-13)4-7-18(23)22-14-5-6-17(22)15-10-20-11-21-16(15)9-14/h1-3,8,10-11,14,17H,4-7,9H2. The lowest BCUT2D eigenvalue weighted by Crippen LogP contribution is -2.42. The molecule has 118 valence electrons. The summed E-state index contributed by atoms with van der Waals surface area (Å²) in [6.45, 7) is 0. The summed E-state index contributed by atoms with van der Waals surface area (Å²) in [5.41, 5.74) is 3.36. The molecule has 1 amide bonds. The molecule has 2 unspecified atom stereocenters. The first kappa shape index (κ1) is 14.6. The van der Waals surface area contributed by atoms with E-state index < -0.39 is 0 Å². The summed E-state index contributed by atoms with van der Waals surface area (Å²) in [6.07, 6.45) is 7.68. The molecule has 0 spiro atoms. The third-order valence-corrected chi connectivity index (χ3v) is 5.16. The zero-order chi connectivity index (χ0) is 15.8. The fraction of sp³-hybridized carbons (Fsp3) is 0.389. The van der Waals surface area contributed by atoms with Crippen LogP contribution in [0.15, 0.2) is 36.8 Å². The Kier molecular flexibility index (Phi) is 3.77. The second kappa shape index (κ2) is 5.93. The van der Waals surface area contributed by atoms with Gasteiger partial charge in [0.15, 0.2) is 0 Å². The van der Waals surface area contributed by atoms with Crippen molar-refractivity contribution in [1.29, 1.82) is 0 Å². The van der Waals surface area contributed by atoms with E-state index in [1.54, 1.807) is 6.33 Å². The van der Waals surface area contributed by atoms with Gasteiger partial charge in [0.2, 0.25) is 5.91 Å². The van der Waals surface area contributed by atoms with Crippen molar-refractivity contribution in [2.24, 2.45) is 0 Å². The molecule has 1 saturated heterocycles. The Morgan fingerprint density at radius 3 is 3.13 bits per heavy atom. The highest BCUT2D eigenvalue weighted by atomic mass is 35.5. The van der Waals surface area contributed by atoms with Gasteiger partial charge < -0.3 is 4.90 Å². The lowest BCUT2D eigenvalue weighted by atomic mass is 9.98. The molecule has 3 heterocycles. The van der Waals surface area contributed by atoms with Gasteiger partial charge in [0.1, 0.15) is 6.33 Å². The molecule has 1 fully saturated rings. The number of fused-ring (bicyclic) bond motifs is 4. The maximum atomic E-state index is 12.8. The third kappa shape index (κ3) is 2.72. The Morgan fingerprint density at radius 2 is 2.26 bits per heavy atom. The summed E-state index contributed by atoms with van der Waals surface area (Å²) < 4.78 is 0. The third-order valence-electron chi connectivity index (χ3n) is 4.92. The topological polar surface area (TPSA) is 46.1 Å². The van der Waals surface area contributed by atoms with Crippen LogP contribution in [0.2, 0.25) is 5.02 Å². The molecule has 5 heteroatoms. The molecule has 2 aliphatic heterocycles. The van der Waals surface area contributed by atoms with E-state index in [-0.39, 0.29) is 11.9 Å². The number of carbonyl (C=O) groups is 1. The number of rotatable bonds is 3. The maximum absolute atomic E-state index is 12.8. The van der Waals surface area contributed by atoms with E-state index in [9.17, 15) is 4.79 Å². The number of hydrogen-bond acceptors (Lipinski definition) is 3. The summed E-state index contributed by atoms with van der Waals surface area (Å²) in [5.74, 6) is 0.229. The van der Waals surface area contributed by atoms with E-state index in [2.05, 4.69) is 14.9 Å². The van der Waals surface area contributed by atoms with Crippen LogP contribution in [0.4, 0.5) is 0 Å². The van der Waals surface area contributed by atoms with Crippen molar-refractivity contribution in [3.8, 4) is 0 Å². The molecular weight excluding hydrogens is 310 g/mol. The number of amides is 1. The van der Waals surface area contributed by atoms with Crippen LogP contribution in [0.5, 0.6) is 0 Å². The quantitative estimate of drug-likeness (QED) is 0.868. The Morgan fingerprint density at radius 1 is 1.35 bits per heavy atom. The average molecular weight is 328 g/mol. The van der Waals surface area contributed by atoms with E-state index >= 15 is 0 Å². The highest BCUT2D eigenvalue weighted by Gasteiger charge is 2.42. The first-order chi connectivity index (χ1) is 11.2. The molecular formula is C18H18ClN3O. The van der Waals surface area contributed by atoms with Crippen molar-refractivity contribution >= 4 is 17.5 Å². The number of carbonyl (C=O) groups excluding carboxylic acids is 1. The first-order valence-corrected chi connectivity index (χ1v) is 8.44. The summed E-state index contributed by atoms with van der Waals surface area (Å²) in [7, 11) is 0. The number of aromatic nitrogens is 2. The van der Waals surface area contributed by atoms with Crippen LogP contribution < -0.4 is 0 Å². The van der Waals surface area contributed by atoms with Gasteiger partial charge in [-0.2, -0.15) is 0 Å². The monoisotopic (exact) mass is 327 g/mol. The van der Waals surface area contributed by atoms with Crippen LogP contribution >= 0.6 is 11.6 Å². The van der Waals surface area contributed by atoms with Gasteiger partial charge in [-0.3, -0.25) is 4.79 Å². The number of halogens is 1. The molecule has 2 aliphatic rings. The van der Waals surface area contributed by atoms with Crippen molar-refractivity contribution in [2.45, 2.75) is 44.2 Å². The van der Waals surface area contributed by atoms with Crippen molar-refractivity contribution in [3.05, 3.63) is 58.6 Å². The fourth-order valence-corrected chi connectivity index (χ4v) is 4.09. The van der Waals surface area contributed by atoms with Crippen molar-refractivity contribution in [3.63, 3.8) is 0 Å². The van der Waals surface area contributed by atoms with Gasteiger partial charge in [-0.15, -0.1) is 0 Å². The highest BCUT2D eigenvalue weighted by molar-refractivity contribution is 6.30. The van der Waals surface area contributed by atoms with E-state index in [0.717, 1.165) is 47.5 Å². The van der Waals surface area contributed by atoms with Crippen LogP contribution in [0, 0.1) is 0 Å². The molecule has 0 radical (unpaired) electrons. The van der Waals surface area contributed by atoms with Crippen molar-refractivity contribution < 1.29 is 4.79 Å². The largest absolute Gasteiger partial charge is 0.332 e. The average Bonchev–Trinajstić information content (AvgIpc) is 2.88. The minimum Gasteiger partial charge on any atom is -0.332 e. The Balaban J connectivity index is 1.49. The Bertz CT molecular complexity index is 749. The van der Waals surface area contributed by atoms with Crippen molar-refractivity contribution in [1.82, 2.24) is 14.9 Å². The summed E-state index contributed by atoms with van der Waals surface area (Å²) in [6, 6.07) is 8.20. The van der Waals surface area contributed by atoms with Gasteiger partial charge in [-0.25, -0.2) is 9.97 Å². The second-order valence-electron chi connectivity index (χ2n) is 6.31. The highest BCUT2D eigenvalue weighted by Crippen LogP contribution is 2.43. The molecule has 0 aliphatic carbocycles. The number of benzene rings is 1. The minimum absolute atomic E-state index is 0.164. The minimum atomic E-state index is 0.164. The van der Waals surface area contributed by atoms with Gasteiger partial charge in [-0.1, -0.05) is 23.7 Å². The molecule has 4 rings (SSSR count). The Labute approximate surface area is 140 Å². The number of nitrogens with zero attached hydrogens (tertiary/aromatic N) is 3. The van der Waals surface area contributed by atoms with E-state index in [4.69, 9.17) is 11.6 Å². The van der Waals surface area contributed by atoms with Crippen LogP contribution in [-0.2, 0) is 17.6 Å². The van der Waals surface area contributed by atoms with Crippen molar-refractivity contribution in [2.75, 3.05) is 0 Å². The molecule has 2 bridgehead atoms. The smallest absolute Gasteiger partial charge is 0.223 e. The lowest BCUT2D eigenvalue weighted by Gasteiger charge is -2.35. The molecule has 23 heavy (non-hydrogen) atoms. The van der Waals surface area contributed by atoms with Crippen LogP contribution in [0.1, 0.15) is 42.1 Å². The second-order valence-corrected chi connectivity index (χ2v) is 6.74. The maximum Gasteiger partial charge on any atom is 0.223 e.